The van der Waals surface area contributed by atoms with Crippen molar-refractivity contribution in [1.29, 1.82) is 0 Å². The van der Waals surface area contributed by atoms with E-state index in [1.807, 2.05) is 26.0 Å². The Bertz CT molecular complexity index is 2570. The number of nitrogens with zero attached hydrogens (tertiary/aromatic N) is 9. The molecule has 5 aromatic heterocycles. The van der Waals surface area contributed by atoms with Crippen LogP contribution in [0.3, 0.4) is 0 Å². The number of fused-ring (bicyclic) bond motifs is 2. The van der Waals surface area contributed by atoms with Crippen molar-refractivity contribution in [2.45, 2.75) is 66.7 Å². The average molecular weight is 763 g/mol. The number of primary amides is 2. The predicted molar refractivity (Wildman–Crippen MR) is 207 cm³/mol. The van der Waals surface area contributed by atoms with Crippen LogP contribution < -0.4 is 32.6 Å². The number of aromatic nitrogens is 9. The Morgan fingerprint density at radius 1 is 0.839 bits per heavy atom. The zero-order valence-electron chi connectivity index (χ0n) is 31.4. The molecule has 7 rings (SSSR count). The largest absolute Gasteiger partial charge is 0.491 e. The smallest absolute Gasteiger partial charge is 0.278 e. The number of ether oxygens (including phenoxy) is 1. The van der Waals surface area contributed by atoms with Crippen molar-refractivity contribution in [2.24, 2.45) is 17.4 Å². The normalized spacial score (nSPS) is 12.9. The summed E-state index contributed by atoms with van der Waals surface area (Å²) in [5.41, 5.74) is 21.4. The molecule has 0 bridgehead atoms. The summed E-state index contributed by atoms with van der Waals surface area (Å²) in [7, 11) is 0. The maximum atomic E-state index is 13.6. The Kier molecular flexibility index (Phi) is 9.98. The third kappa shape index (κ3) is 7.25. The van der Waals surface area contributed by atoms with Crippen LogP contribution in [-0.2, 0) is 26.2 Å². The summed E-state index contributed by atoms with van der Waals surface area (Å²) in [5.74, 6) is -1.11. The number of pyridine rings is 1. The fourth-order valence-electron chi connectivity index (χ4n) is 6.38. The fraction of sp³-hybridized carbons (Fsp3) is 0.324. The van der Waals surface area contributed by atoms with Gasteiger partial charge in [0.2, 0.25) is 23.7 Å². The molecule has 19 nitrogen and oxygen atoms in total. The monoisotopic (exact) mass is 762 g/mol. The number of allylic oxidation sites excluding steroid dienone is 2. The number of hydrogen-bond acceptors (Lipinski definition) is 11. The molecule has 1 aliphatic carbocycles. The second-order valence-corrected chi connectivity index (χ2v) is 13.5. The molecule has 0 unspecified atom stereocenters. The first-order chi connectivity index (χ1) is 26.9. The molecule has 0 saturated heterocycles. The van der Waals surface area contributed by atoms with E-state index in [4.69, 9.17) is 26.9 Å². The van der Waals surface area contributed by atoms with Crippen molar-refractivity contribution >= 4 is 63.4 Å². The summed E-state index contributed by atoms with van der Waals surface area (Å²) in [5, 5.41) is 14.5. The first-order valence-electron chi connectivity index (χ1n) is 18.1. The second-order valence-electron chi connectivity index (χ2n) is 13.5. The van der Waals surface area contributed by atoms with Crippen LogP contribution in [0.4, 0.5) is 17.6 Å². The van der Waals surface area contributed by atoms with E-state index in [-0.39, 0.29) is 47.5 Å². The number of carbonyl (C=O) groups is 4. The zero-order valence-corrected chi connectivity index (χ0v) is 31.4. The lowest BCUT2D eigenvalue weighted by molar-refractivity contribution is 0.0991. The number of nitrogens with one attached hydrogen (secondary N) is 2. The van der Waals surface area contributed by atoms with Crippen molar-refractivity contribution in [1.82, 2.24) is 43.6 Å². The Morgan fingerprint density at radius 2 is 1.48 bits per heavy atom. The lowest BCUT2D eigenvalue weighted by atomic mass is 10.1. The van der Waals surface area contributed by atoms with Gasteiger partial charge in [-0.05, 0) is 70.7 Å². The van der Waals surface area contributed by atoms with Gasteiger partial charge in [0, 0.05) is 37.9 Å². The average Bonchev–Trinajstić information content (AvgIpc) is 3.54. The molecule has 56 heavy (non-hydrogen) atoms. The van der Waals surface area contributed by atoms with E-state index >= 15 is 0 Å². The van der Waals surface area contributed by atoms with Gasteiger partial charge in [0.1, 0.15) is 28.2 Å². The number of nitrogens with two attached hydrogens (primary N) is 3. The summed E-state index contributed by atoms with van der Waals surface area (Å²) in [6.07, 6.45) is 7.10. The molecule has 290 valence electrons. The van der Waals surface area contributed by atoms with E-state index in [1.54, 1.807) is 45.9 Å². The van der Waals surface area contributed by atoms with Crippen molar-refractivity contribution in [3.63, 3.8) is 0 Å². The number of amides is 4. The van der Waals surface area contributed by atoms with Gasteiger partial charge in [0.15, 0.2) is 5.65 Å². The van der Waals surface area contributed by atoms with E-state index in [0.29, 0.717) is 70.6 Å². The van der Waals surface area contributed by atoms with Crippen molar-refractivity contribution in [2.75, 3.05) is 23.0 Å². The minimum atomic E-state index is -0.678. The summed E-state index contributed by atoms with van der Waals surface area (Å²) < 4.78 is 12.8. The standard InChI is InChI=1S/C37H42N14O5/c1-5-50-26(13-19(3)46-50)34(54)44-36-42-24-14-22(31(39)52)16-27(56-18-21-9-10-21)29(24)48(36)11-7-8-12-49-33-25(15-23(17-41-33)32(40)53)43-37(49)45-35(55)30-28(38)20(4)47-51(30)6-2/h7-8,13-17,21H,5-6,9-12,18,38H2,1-4H3,(H2,39,52)(H2,40,53)(H,42,44,54)(H,43,45,55)/b8-7+. The fourth-order valence-corrected chi connectivity index (χ4v) is 6.38. The highest BCUT2D eigenvalue weighted by molar-refractivity contribution is 6.07. The number of rotatable bonds is 15. The highest BCUT2D eigenvalue weighted by atomic mass is 16.5. The first-order valence-corrected chi connectivity index (χ1v) is 18.1. The Balaban J connectivity index is 1.25. The molecule has 0 radical (unpaired) electrons. The lowest BCUT2D eigenvalue weighted by Gasteiger charge is -2.13. The molecule has 19 heteroatoms. The van der Waals surface area contributed by atoms with E-state index < -0.39 is 23.6 Å². The third-order valence-corrected chi connectivity index (χ3v) is 9.45. The molecule has 1 aromatic carbocycles. The summed E-state index contributed by atoms with van der Waals surface area (Å²) in [6, 6.07) is 6.35. The van der Waals surface area contributed by atoms with Gasteiger partial charge in [-0.15, -0.1) is 0 Å². The number of hydrogen-bond donors (Lipinski definition) is 5. The van der Waals surface area contributed by atoms with Gasteiger partial charge in [-0.1, -0.05) is 12.2 Å². The number of imidazole rings is 2. The van der Waals surface area contributed by atoms with Gasteiger partial charge >= 0.3 is 0 Å². The summed E-state index contributed by atoms with van der Waals surface area (Å²) in [4.78, 5) is 65.3. The SMILES string of the molecule is CCn1nc(C)cc1C(=O)Nc1nc2cc(C(N)=O)cc(OCC3CC3)c2n1C/C=C/Cn1c(NC(=O)c2c(N)c(C)nn2CC)nc2cc(C(N)=O)cnc21. The third-order valence-electron chi connectivity index (χ3n) is 9.45. The maximum absolute atomic E-state index is 13.6. The highest BCUT2D eigenvalue weighted by Gasteiger charge is 2.26. The van der Waals surface area contributed by atoms with Crippen LogP contribution in [0.1, 0.15) is 79.8 Å². The number of benzene rings is 1. The second kappa shape index (κ2) is 15.0. The predicted octanol–water partition coefficient (Wildman–Crippen LogP) is 3.16. The number of nitrogen functional groups attached to an aromatic ring is 1. The summed E-state index contributed by atoms with van der Waals surface area (Å²) >= 11 is 0. The number of carbonyl (C=O) groups excluding carboxylic acids is 4. The molecule has 0 spiro atoms. The molecule has 5 heterocycles. The van der Waals surface area contributed by atoms with Crippen LogP contribution in [0.5, 0.6) is 5.75 Å². The number of aryl methyl sites for hydroxylation is 4. The van der Waals surface area contributed by atoms with Crippen LogP contribution in [0.2, 0.25) is 0 Å². The zero-order chi connectivity index (χ0) is 39.8. The molecule has 1 fully saturated rings. The lowest BCUT2D eigenvalue weighted by Crippen LogP contribution is -2.21. The van der Waals surface area contributed by atoms with Crippen molar-refractivity contribution in [3.8, 4) is 5.75 Å². The minimum absolute atomic E-state index is 0.142. The molecule has 0 atom stereocenters. The van der Waals surface area contributed by atoms with Crippen LogP contribution in [0, 0.1) is 19.8 Å². The van der Waals surface area contributed by atoms with Crippen LogP contribution in [0.25, 0.3) is 22.2 Å². The van der Waals surface area contributed by atoms with Gasteiger partial charge in [-0.2, -0.15) is 10.2 Å². The molecule has 1 aliphatic rings. The van der Waals surface area contributed by atoms with E-state index in [9.17, 15) is 19.2 Å². The Morgan fingerprint density at radius 3 is 2.16 bits per heavy atom. The number of anilines is 3. The van der Waals surface area contributed by atoms with E-state index in [1.165, 1.54) is 16.9 Å². The van der Waals surface area contributed by atoms with Crippen LogP contribution in [0.15, 0.2) is 42.6 Å². The first kappa shape index (κ1) is 37.3. The Hall–Kier alpha value is -7.05. The van der Waals surface area contributed by atoms with E-state index in [2.05, 4.69) is 30.8 Å². The van der Waals surface area contributed by atoms with E-state index in [0.717, 1.165) is 12.8 Å². The molecule has 6 aromatic rings. The van der Waals surface area contributed by atoms with Gasteiger partial charge in [-0.3, -0.25) is 43.7 Å². The molecule has 8 N–H and O–H groups in total. The molecule has 1 saturated carbocycles. The van der Waals surface area contributed by atoms with Crippen molar-refractivity contribution in [3.05, 3.63) is 76.5 Å². The highest BCUT2D eigenvalue weighted by Crippen LogP contribution is 2.35. The minimum Gasteiger partial charge on any atom is -0.491 e. The van der Waals surface area contributed by atoms with Crippen LogP contribution in [-0.4, -0.2) is 73.9 Å². The maximum Gasteiger partial charge on any atom is 0.278 e. The topological polar surface area (TPSA) is 264 Å². The molecular weight excluding hydrogens is 720 g/mol. The van der Waals surface area contributed by atoms with Crippen LogP contribution >= 0.6 is 0 Å². The Labute approximate surface area is 319 Å². The molecule has 0 aliphatic heterocycles. The molecular formula is C37H42N14O5. The van der Waals surface area contributed by atoms with Gasteiger partial charge in [0.25, 0.3) is 11.8 Å². The summed E-state index contributed by atoms with van der Waals surface area (Å²) in [6.45, 7) is 8.95. The van der Waals surface area contributed by atoms with Gasteiger partial charge in [0.05, 0.1) is 34.8 Å². The molecule has 4 amide bonds. The van der Waals surface area contributed by atoms with Gasteiger partial charge in [-0.25, -0.2) is 15.0 Å². The quantitative estimate of drug-likeness (QED) is 0.0949. The van der Waals surface area contributed by atoms with Crippen molar-refractivity contribution < 1.29 is 23.9 Å². The van der Waals surface area contributed by atoms with Gasteiger partial charge < -0.3 is 26.5 Å².